The lowest BCUT2D eigenvalue weighted by Gasteiger charge is -2.22. The smallest absolute Gasteiger partial charge is 0.220 e. The van der Waals surface area contributed by atoms with Gasteiger partial charge < -0.3 is 19.8 Å². The summed E-state index contributed by atoms with van der Waals surface area (Å²) in [5.41, 5.74) is 1.90. The molecule has 160 valence electrons. The minimum absolute atomic E-state index is 0.00227. The number of nitrogens with zero attached hydrogens (tertiary/aromatic N) is 1. The lowest BCUT2D eigenvalue weighted by Crippen LogP contribution is -2.33. The summed E-state index contributed by atoms with van der Waals surface area (Å²) >= 11 is 0. The average Bonchev–Trinajstić information content (AvgIpc) is 3.19. The molecule has 0 unspecified atom stereocenters. The van der Waals surface area contributed by atoms with E-state index in [1.54, 1.807) is 0 Å². The number of fused-ring (bicyclic) bond motifs is 1. The molecule has 0 saturated heterocycles. The molecule has 0 aliphatic rings. The molecule has 0 aliphatic carbocycles. The Morgan fingerprint density at radius 2 is 1.77 bits per heavy atom. The van der Waals surface area contributed by atoms with Crippen LogP contribution in [0.4, 0.5) is 0 Å². The predicted molar refractivity (Wildman–Crippen MR) is 119 cm³/mol. The van der Waals surface area contributed by atoms with E-state index in [1.165, 1.54) is 0 Å². The second kappa shape index (κ2) is 10.7. The normalized spacial score (nSPS) is 13.0. The molecule has 0 aliphatic heterocycles. The van der Waals surface area contributed by atoms with Crippen molar-refractivity contribution in [1.29, 1.82) is 0 Å². The fraction of sp³-hybridized carbons (Fsp3) is 0.417. The lowest BCUT2D eigenvalue weighted by atomic mass is 9.98. The molecule has 3 aromatic rings. The van der Waals surface area contributed by atoms with Crippen LogP contribution in [-0.2, 0) is 4.79 Å². The number of hydrogen-bond acceptors (Lipinski definition) is 4. The molecule has 2 N–H and O–H groups in total. The Labute approximate surface area is 178 Å². The first kappa shape index (κ1) is 21.7. The zero-order chi connectivity index (χ0) is 21.3. The maximum absolute atomic E-state index is 12.6. The molecule has 1 amide bonds. The van der Waals surface area contributed by atoms with Crippen LogP contribution >= 0.6 is 0 Å². The number of H-pyrrole nitrogens is 1. The van der Waals surface area contributed by atoms with Gasteiger partial charge in [-0.05, 0) is 43.5 Å². The van der Waals surface area contributed by atoms with Crippen LogP contribution in [0.1, 0.15) is 51.9 Å². The molecule has 0 saturated carbocycles. The van der Waals surface area contributed by atoms with Crippen LogP contribution in [0.2, 0.25) is 0 Å². The Morgan fingerprint density at radius 3 is 2.47 bits per heavy atom. The van der Waals surface area contributed by atoms with Gasteiger partial charge >= 0.3 is 0 Å². The number of aromatic amines is 1. The number of nitrogens with one attached hydrogen (secondary N) is 2. The lowest BCUT2D eigenvalue weighted by molar-refractivity contribution is -0.122. The number of ether oxygens (including phenoxy) is 2. The molecule has 0 spiro atoms. The van der Waals surface area contributed by atoms with Crippen LogP contribution in [0.25, 0.3) is 11.0 Å². The fourth-order valence-corrected chi connectivity index (χ4v) is 3.34. The minimum Gasteiger partial charge on any atom is -0.490 e. The molecule has 0 fully saturated rings. The Bertz CT molecular complexity index is 921. The highest BCUT2D eigenvalue weighted by molar-refractivity contribution is 5.77. The fourth-order valence-electron chi connectivity index (χ4n) is 3.34. The Kier molecular flexibility index (Phi) is 7.71. The summed E-state index contributed by atoms with van der Waals surface area (Å²) < 4.78 is 11.4. The summed E-state index contributed by atoms with van der Waals surface area (Å²) in [4.78, 5) is 20.7. The van der Waals surface area contributed by atoms with Crippen molar-refractivity contribution in [2.75, 3.05) is 13.2 Å². The Balaban J connectivity index is 1.55. The van der Waals surface area contributed by atoms with Gasteiger partial charge in [0, 0.05) is 6.42 Å². The number of carbonyl (C=O) groups is 1. The zero-order valence-electron chi connectivity index (χ0n) is 18.0. The SMILES string of the molecule is CCOc1ccccc1OCCCC(=O)N[C@@H](c1nc2ccccc2[nH]1)[C@@H](C)CC. The minimum atomic E-state index is -0.144. The summed E-state index contributed by atoms with van der Waals surface area (Å²) in [5.74, 6) is 2.51. The third kappa shape index (κ3) is 5.53. The molecule has 1 heterocycles. The molecule has 30 heavy (non-hydrogen) atoms. The largest absolute Gasteiger partial charge is 0.490 e. The van der Waals surface area contributed by atoms with Crippen LogP contribution in [0.5, 0.6) is 11.5 Å². The van der Waals surface area contributed by atoms with E-state index in [1.807, 2.05) is 55.5 Å². The molecule has 6 heteroatoms. The van der Waals surface area contributed by atoms with Crippen LogP contribution in [0.15, 0.2) is 48.5 Å². The Hall–Kier alpha value is -3.02. The molecular formula is C24H31N3O3. The van der Waals surface area contributed by atoms with Crippen molar-refractivity contribution >= 4 is 16.9 Å². The standard InChI is InChI=1S/C24H31N3O3/c1-4-17(3)23(24-25-18-11-6-7-12-19(18)26-24)27-22(28)15-10-16-30-21-14-9-8-13-20(21)29-5-2/h6-9,11-14,17,23H,4-5,10,15-16H2,1-3H3,(H,25,26)(H,27,28)/t17-,23+/m0/s1. The zero-order valence-corrected chi connectivity index (χ0v) is 18.0. The summed E-state index contributed by atoms with van der Waals surface area (Å²) in [6.45, 7) is 7.23. The quantitative estimate of drug-likeness (QED) is 0.436. The van der Waals surface area contributed by atoms with Gasteiger partial charge in [-0.15, -0.1) is 0 Å². The maximum atomic E-state index is 12.6. The molecule has 0 radical (unpaired) electrons. The van der Waals surface area contributed by atoms with E-state index in [9.17, 15) is 4.79 Å². The van der Waals surface area contributed by atoms with Crippen LogP contribution in [0.3, 0.4) is 0 Å². The maximum Gasteiger partial charge on any atom is 0.220 e. The van der Waals surface area contributed by atoms with Gasteiger partial charge in [-0.3, -0.25) is 4.79 Å². The van der Waals surface area contributed by atoms with E-state index in [4.69, 9.17) is 9.47 Å². The van der Waals surface area contributed by atoms with Crippen molar-refractivity contribution < 1.29 is 14.3 Å². The van der Waals surface area contributed by atoms with Crippen LogP contribution in [0, 0.1) is 5.92 Å². The average molecular weight is 410 g/mol. The van der Waals surface area contributed by atoms with E-state index >= 15 is 0 Å². The molecular weight excluding hydrogens is 378 g/mol. The number of benzene rings is 2. The first-order valence-electron chi connectivity index (χ1n) is 10.7. The first-order valence-corrected chi connectivity index (χ1v) is 10.7. The highest BCUT2D eigenvalue weighted by Gasteiger charge is 2.23. The summed E-state index contributed by atoms with van der Waals surface area (Å²) in [7, 11) is 0. The van der Waals surface area contributed by atoms with Crippen LogP contribution < -0.4 is 14.8 Å². The van der Waals surface area contributed by atoms with E-state index in [-0.39, 0.29) is 17.9 Å². The number of carbonyl (C=O) groups excluding carboxylic acids is 1. The van der Waals surface area contributed by atoms with E-state index in [0.29, 0.717) is 31.8 Å². The third-order valence-electron chi connectivity index (χ3n) is 5.19. The van der Waals surface area contributed by atoms with E-state index < -0.39 is 0 Å². The second-order valence-corrected chi connectivity index (χ2v) is 7.40. The number of imidazole rings is 1. The monoisotopic (exact) mass is 409 g/mol. The molecule has 3 rings (SSSR count). The number of rotatable bonds is 11. The van der Waals surface area contributed by atoms with Gasteiger partial charge in [0.25, 0.3) is 0 Å². The van der Waals surface area contributed by atoms with Crippen molar-refractivity contribution in [1.82, 2.24) is 15.3 Å². The highest BCUT2D eigenvalue weighted by atomic mass is 16.5. The van der Waals surface area contributed by atoms with Gasteiger partial charge in [-0.25, -0.2) is 4.98 Å². The van der Waals surface area contributed by atoms with Crippen molar-refractivity contribution in [2.24, 2.45) is 5.92 Å². The predicted octanol–water partition coefficient (Wildman–Crippen LogP) is 5.02. The third-order valence-corrected chi connectivity index (χ3v) is 5.19. The van der Waals surface area contributed by atoms with Crippen molar-refractivity contribution in [3.63, 3.8) is 0 Å². The van der Waals surface area contributed by atoms with Crippen LogP contribution in [-0.4, -0.2) is 29.1 Å². The molecule has 6 nitrogen and oxygen atoms in total. The van der Waals surface area contributed by atoms with E-state index in [0.717, 1.165) is 29.0 Å². The number of amides is 1. The Morgan fingerprint density at radius 1 is 1.07 bits per heavy atom. The summed E-state index contributed by atoms with van der Waals surface area (Å²) in [6, 6.07) is 15.4. The van der Waals surface area contributed by atoms with Gasteiger partial charge in [-0.2, -0.15) is 0 Å². The van der Waals surface area contributed by atoms with Gasteiger partial charge in [0.15, 0.2) is 11.5 Å². The molecule has 1 aromatic heterocycles. The number of aromatic nitrogens is 2. The van der Waals surface area contributed by atoms with Crippen molar-refractivity contribution in [3.8, 4) is 11.5 Å². The van der Waals surface area contributed by atoms with Gasteiger partial charge in [0.1, 0.15) is 5.82 Å². The summed E-state index contributed by atoms with van der Waals surface area (Å²) in [5, 5.41) is 3.16. The molecule has 0 bridgehead atoms. The summed E-state index contributed by atoms with van der Waals surface area (Å²) in [6.07, 6.45) is 1.96. The van der Waals surface area contributed by atoms with E-state index in [2.05, 4.69) is 29.1 Å². The molecule has 2 aromatic carbocycles. The first-order chi connectivity index (χ1) is 14.6. The second-order valence-electron chi connectivity index (χ2n) is 7.40. The highest BCUT2D eigenvalue weighted by Crippen LogP contribution is 2.27. The van der Waals surface area contributed by atoms with Crippen molar-refractivity contribution in [2.45, 2.75) is 46.1 Å². The van der Waals surface area contributed by atoms with Crippen molar-refractivity contribution in [3.05, 3.63) is 54.4 Å². The van der Waals surface area contributed by atoms with Gasteiger partial charge in [0.2, 0.25) is 5.91 Å². The molecule has 2 atom stereocenters. The van der Waals surface area contributed by atoms with Gasteiger partial charge in [-0.1, -0.05) is 44.5 Å². The number of hydrogen-bond donors (Lipinski definition) is 2. The van der Waals surface area contributed by atoms with Gasteiger partial charge in [0.05, 0.1) is 30.3 Å². The topological polar surface area (TPSA) is 76.2 Å². The number of para-hydroxylation sites is 4.